The predicted octanol–water partition coefficient (Wildman–Crippen LogP) is 15.4. The Kier molecular flexibility index (Phi) is 7.52. The van der Waals surface area contributed by atoms with Crippen molar-refractivity contribution in [3.05, 3.63) is 246 Å². The smallest absolute Gasteiger partial charge is 0.137 e. The average molecular weight is 768 g/mol. The highest BCUT2D eigenvalue weighted by atomic mass is 16.3. The van der Waals surface area contributed by atoms with E-state index in [4.69, 9.17) is 4.42 Å². The second-order valence-corrected chi connectivity index (χ2v) is 16.8. The fourth-order valence-corrected chi connectivity index (χ4v) is 10.6. The summed E-state index contributed by atoms with van der Waals surface area (Å²) in [5.41, 5.74) is 19.7. The molecule has 0 atom stereocenters. The minimum Gasteiger partial charge on any atom is -0.456 e. The molecule has 2 aliphatic rings. The number of hydrogen-bond donors (Lipinski definition) is 0. The van der Waals surface area contributed by atoms with Gasteiger partial charge < -0.3 is 9.32 Å². The normalized spacial score (nSPS) is 14.1. The fourth-order valence-electron chi connectivity index (χ4n) is 10.6. The van der Waals surface area contributed by atoms with E-state index in [2.05, 4.69) is 231 Å². The number of anilines is 3. The van der Waals surface area contributed by atoms with Crippen LogP contribution in [0.2, 0.25) is 0 Å². The van der Waals surface area contributed by atoms with E-state index in [9.17, 15) is 0 Å². The van der Waals surface area contributed by atoms with Gasteiger partial charge in [-0.25, -0.2) is 0 Å². The van der Waals surface area contributed by atoms with Crippen molar-refractivity contribution < 1.29 is 4.42 Å². The van der Waals surface area contributed by atoms with Gasteiger partial charge in [0, 0.05) is 39.3 Å². The first-order chi connectivity index (χ1) is 29.5. The Morgan fingerprint density at radius 2 is 0.833 bits per heavy atom. The summed E-state index contributed by atoms with van der Waals surface area (Å²) in [5, 5.41) is 2.21. The molecule has 9 aromatic carbocycles. The minimum atomic E-state index is -0.490. The van der Waals surface area contributed by atoms with Crippen LogP contribution in [0.1, 0.15) is 47.2 Å². The van der Waals surface area contributed by atoms with E-state index in [1.54, 1.807) is 0 Å². The molecule has 1 aromatic heterocycles. The highest BCUT2D eigenvalue weighted by Gasteiger charge is 2.46. The summed E-state index contributed by atoms with van der Waals surface area (Å²) in [7, 11) is 0. The monoisotopic (exact) mass is 767 g/mol. The summed E-state index contributed by atoms with van der Waals surface area (Å²) in [6.45, 7) is 4.69. The van der Waals surface area contributed by atoms with Crippen LogP contribution in [0.4, 0.5) is 17.1 Å². The maximum atomic E-state index is 6.97. The molecule has 0 bridgehead atoms. The predicted molar refractivity (Wildman–Crippen MR) is 249 cm³/mol. The Bertz CT molecular complexity index is 3240. The minimum absolute atomic E-state index is 0.122. The van der Waals surface area contributed by atoms with Crippen LogP contribution in [0.5, 0.6) is 0 Å². The molecular formula is C58H41NO. The van der Waals surface area contributed by atoms with Crippen molar-refractivity contribution in [3.8, 4) is 33.4 Å². The molecular weight excluding hydrogens is 727 g/mol. The lowest BCUT2D eigenvalue weighted by Gasteiger charge is -2.33. The topological polar surface area (TPSA) is 16.4 Å². The van der Waals surface area contributed by atoms with Gasteiger partial charge in [-0.2, -0.15) is 0 Å². The molecule has 2 heteroatoms. The van der Waals surface area contributed by atoms with Gasteiger partial charge in [-0.15, -0.1) is 0 Å². The molecule has 0 amide bonds. The van der Waals surface area contributed by atoms with Crippen molar-refractivity contribution in [3.63, 3.8) is 0 Å². The maximum absolute atomic E-state index is 6.97. The largest absolute Gasteiger partial charge is 0.456 e. The van der Waals surface area contributed by atoms with E-state index >= 15 is 0 Å². The molecule has 0 aliphatic heterocycles. The lowest BCUT2D eigenvalue weighted by atomic mass is 9.67. The Balaban J connectivity index is 1.02. The van der Waals surface area contributed by atoms with Crippen LogP contribution in [-0.2, 0) is 10.8 Å². The Morgan fingerprint density at radius 1 is 0.350 bits per heavy atom. The summed E-state index contributed by atoms with van der Waals surface area (Å²) in [6.07, 6.45) is 0. The van der Waals surface area contributed by atoms with Gasteiger partial charge in [0.2, 0.25) is 0 Å². The summed E-state index contributed by atoms with van der Waals surface area (Å²) < 4.78 is 6.97. The summed E-state index contributed by atoms with van der Waals surface area (Å²) in [5.74, 6) is 0. The van der Waals surface area contributed by atoms with Gasteiger partial charge in [0.05, 0.1) is 5.41 Å². The first-order valence-electron chi connectivity index (χ1n) is 20.9. The van der Waals surface area contributed by atoms with Crippen molar-refractivity contribution in [2.45, 2.75) is 24.7 Å². The molecule has 0 fully saturated rings. The molecule has 0 saturated heterocycles. The second-order valence-electron chi connectivity index (χ2n) is 16.8. The molecule has 0 radical (unpaired) electrons. The molecule has 2 aliphatic carbocycles. The van der Waals surface area contributed by atoms with Gasteiger partial charge in [-0.1, -0.05) is 178 Å². The molecule has 10 aromatic rings. The SMILES string of the molecule is CC1(C)c2ccccc2-c2ccc(N(c3ccc(-c4ccccc4)cc3)c3ccc4c(c3)oc3cc(C5(c6ccccc6)c6ccccc6-c6ccccc65)ccc34)cc21. The molecule has 60 heavy (non-hydrogen) atoms. The zero-order valence-corrected chi connectivity index (χ0v) is 33.6. The van der Waals surface area contributed by atoms with E-state index in [1.165, 1.54) is 66.8 Å². The van der Waals surface area contributed by atoms with Gasteiger partial charge in [-0.3, -0.25) is 0 Å². The average Bonchev–Trinajstić information content (AvgIpc) is 3.90. The summed E-state index contributed by atoms with van der Waals surface area (Å²) in [6, 6.07) is 77.7. The third kappa shape index (κ3) is 4.94. The summed E-state index contributed by atoms with van der Waals surface area (Å²) >= 11 is 0. The molecule has 12 rings (SSSR count). The molecule has 0 spiro atoms. The lowest BCUT2D eigenvalue weighted by Crippen LogP contribution is -2.28. The molecule has 2 nitrogen and oxygen atoms in total. The van der Waals surface area contributed by atoms with E-state index in [-0.39, 0.29) is 5.41 Å². The fraction of sp³-hybridized carbons (Fsp3) is 0.0690. The molecule has 0 unspecified atom stereocenters. The highest BCUT2D eigenvalue weighted by Crippen LogP contribution is 2.57. The van der Waals surface area contributed by atoms with Gasteiger partial charge in [0.15, 0.2) is 0 Å². The quantitative estimate of drug-likeness (QED) is 0.168. The van der Waals surface area contributed by atoms with E-state index in [0.717, 1.165) is 39.0 Å². The van der Waals surface area contributed by atoms with Gasteiger partial charge in [-0.05, 0) is 109 Å². The molecule has 1 heterocycles. The van der Waals surface area contributed by atoms with Crippen molar-refractivity contribution in [1.82, 2.24) is 0 Å². The second kappa shape index (κ2) is 13.0. The van der Waals surface area contributed by atoms with Crippen LogP contribution in [0.15, 0.2) is 217 Å². The maximum Gasteiger partial charge on any atom is 0.137 e. The van der Waals surface area contributed by atoms with Crippen molar-refractivity contribution in [2.24, 2.45) is 0 Å². The lowest BCUT2D eigenvalue weighted by molar-refractivity contribution is 0.660. The standard InChI is InChI=1S/C58H41NO/c1-57(2)51-22-12-9-19-45(51)48-33-30-43(36-54(48)57)59(42-28-25-39(26-29-42)38-15-5-3-6-16-38)44-31-34-50-49-32-27-41(35-55(49)60-56(50)37-44)58(40-17-7-4-8-18-40)52-23-13-10-20-46(52)47-21-11-14-24-53(47)58/h3-37H,1-2H3. The van der Waals surface area contributed by atoms with Crippen LogP contribution in [0, 0.1) is 0 Å². The van der Waals surface area contributed by atoms with E-state index < -0.39 is 5.41 Å². The molecule has 0 saturated carbocycles. The number of benzene rings is 9. The molecule has 0 N–H and O–H groups in total. The van der Waals surface area contributed by atoms with Crippen LogP contribution in [0.3, 0.4) is 0 Å². The third-order valence-electron chi connectivity index (χ3n) is 13.4. The van der Waals surface area contributed by atoms with Gasteiger partial charge >= 0.3 is 0 Å². The summed E-state index contributed by atoms with van der Waals surface area (Å²) in [4.78, 5) is 2.38. The van der Waals surface area contributed by atoms with E-state index in [0.29, 0.717) is 0 Å². The number of nitrogens with zero attached hydrogens (tertiary/aromatic N) is 1. The number of hydrogen-bond acceptors (Lipinski definition) is 2. The zero-order valence-electron chi connectivity index (χ0n) is 33.6. The van der Waals surface area contributed by atoms with Crippen LogP contribution in [-0.4, -0.2) is 0 Å². The van der Waals surface area contributed by atoms with Gasteiger partial charge in [0.1, 0.15) is 11.2 Å². The Hall–Kier alpha value is -7.42. The first-order valence-corrected chi connectivity index (χ1v) is 20.9. The van der Waals surface area contributed by atoms with Crippen molar-refractivity contribution in [1.29, 1.82) is 0 Å². The first kappa shape index (κ1) is 34.6. The van der Waals surface area contributed by atoms with Gasteiger partial charge in [0.25, 0.3) is 0 Å². The molecule has 284 valence electrons. The van der Waals surface area contributed by atoms with Crippen LogP contribution >= 0.6 is 0 Å². The Morgan fingerprint density at radius 3 is 1.52 bits per heavy atom. The highest BCUT2D eigenvalue weighted by molar-refractivity contribution is 6.07. The zero-order chi connectivity index (χ0) is 40.0. The van der Waals surface area contributed by atoms with Crippen molar-refractivity contribution >= 4 is 39.0 Å². The number of furan rings is 1. The number of rotatable bonds is 6. The number of fused-ring (bicyclic) bond motifs is 9. The van der Waals surface area contributed by atoms with Crippen LogP contribution in [0.25, 0.3) is 55.3 Å². The Labute approximate surface area is 350 Å². The third-order valence-corrected chi connectivity index (χ3v) is 13.4. The van der Waals surface area contributed by atoms with Crippen LogP contribution < -0.4 is 4.90 Å². The van der Waals surface area contributed by atoms with Crippen molar-refractivity contribution in [2.75, 3.05) is 4.90 Å². The van der Waals surface area contributed by atoms with E-state index in [1.807, 2.05) is 0 Å².